The monoisotopic (exact) mass is 270 g/mol. The molecule has 0 aliphatic carbocycles. The summed E-state index contributed by atoms with van der Waals surface area (Å²) in [4.78, 5) is 12.2. The van der Waals surface area contributed by atoms with Crippen molar-refractivity contribution in [1.82, 2.24) is 0 Å². The third-order valence-electron chi connectivity index (χ3n) is 3.57. The SMILES string of the molecule is Cc1ccc2c(c1)C(=O)CC(c1cc(C)ccc1F)O2. The molecule has 1 heterocycles. The lowest BCUT2D eigenvalue weighted by molar-refractivity contribution is 0.0845. The van der Waals surface area contributed by atoms with Crippen molar-refractivity contribution in [2.24, 2.45) is 0 Å². The highest BCUT2D eigenvalue weighted by atomic mass is 19.1. The van der Waals surface area contributed by atoms with Crippen LogP contribution in [-0.4, -0.2) is 5.78 Å². The minimum atomic E-state index is -0.544. The molecule has 0 saturated carbocycles. The van der Waals surface area contributed by atoms with Crippen LogP contribution in [0.4, 0.5) is 4.39 Å². The second-order valence-electron chi connectivity index (χ2n) is 5.26. The van der Waals surface area contributed by atoms with Crippen LogP contribution in [0.15, 0.2) is 36.4 Å². The number of halogens is 1. The Labute approximate surface area is 117 Å². The lowest BCUT2D eigenvalue weighted by Gasteiger charge is -2.26. The van der Waals surface area contributed by atoms with Gasteiger partial charge in [-0.2, -0.15) is 0 Å². The van der Waals surface area contributed by atoms with E-state index >= 15 is 0 Å². The molecule has 0 radical (unpaired) electrons. The molecule has 3 heteroatoms. The highest BCUT2D eigenvalue weighted by Gasteiger charge is 2.29. The second-order valence-corrected chi connectivity index (χ2v) is 5.26. The van der Waals surface area contributed by atoms with Gasteiger partial charge in [-0.05, 0) is 38.1 Å². The molecular weight excluding hydrogens is 255 g/mol. The fourth-order valence-corrected chi connectivity index (χ4v) is 2.52. The number of fused-ring (bicyclic) bond motifs is 1. The molecule has 1 aliphatic heterocycles. The highest BCUT2D eigenvalue weighted by molar-refractivity contribution is 6.00. The van der Waals surface area contributed by atoms with E-state index in [4.69, 9.17) is 4.74 Å². The molecule has 1 atom stereocenters. The summed E-state index contributed by atoms with van der Waals surface area (Å²) in [6.07, 6.45) is -0.366. The standard InChI is InChI=1S/C17H15FO2/c1-10-3-5-14(18)12(7-10)17-9-15(19)13-8-11(2)4-6-16(13)20-17/h3-8,17H,9H2,1-2H3. The molecule has 1 unspecified atom stereocenters. The molecule has 2 nitrogen and oxygen atoms in total. The lowest BCUT2D eigenvalue weighted by Crippen LogP contribution is -2.21. The van der Waals surface area contributed by atoms with Gasteiger partial charge in [0, 0.05) is 5.56 Å². The minimum absolute atomic E-state index is 0.000793. The van der Waals surface area contributed by atoms with Crippen LogP contribution >= 0.6 is 0 Å². The van der Waals surface area contributed by atoms with Gasteiger partial charge in [-0.25, -0.2) is 4.39 Å². The maximum Gasteiger partial charge on any atom is 0.170 e. The zero-order valence-electron chi connectivity index (χ0n) is 11.4. The van der Waals surface area contributed by atoms with Crippen LogP contribution in [0, 0.1) is 19.7 Å². The van der Waals surface area contributed by atoms with Crippen molar-refractivity contribution in [3.63, 3.8) is 0 Å². The van der Waals surface area contributed by atoms with Gasteiger partial charge in [-0.15, -0.1) is 0 Å². The average Bonchev–Trinajstić information content (AvgIpc) is 2.42. The van der Waals surface area contributed by atoms with Gasteiger partial charge in [0.1, 0.15) is 17.7 Å². The summed E-state index contributed by atoms with van der Waals surface area (Å²) in [6, 6.07) is 10.4. The van der Waals surface area contributed by atoms with Gasteiger partial charge < -0.3 is 4.74 Å². The molecule has 102 valence electrons. The maximum absolute atomic E-state index is 13.9. The van der Waals surface area contributed by atoms with Crippen molar-refractivity contribution < 1.29 is 13.9 Å². The van der Waals surface area contributed by atoms with E-state index in [1.807, 2.05) is 26.0 Å². The Hall–Kier alpha value is -2.16. The smallest absolute Gasteiger partial charge is 0.170 e. The van der Waals surface area contributed by atoms with Gasteiger partial charge in [-0.3, -0.25) is 4.79 Å². The van der Waals surface area contributed by atoms with Crippen LogP contribution in [0.1, 0.15) is 39.6 Å². The number of ketones is 1. The van der Waals surface area contributed by atoms with Crippen molar-refractivity contribution in [1.29, 1.82) is 0 Å². The fourth-order valence-electron chi connectivity index (χ4n) is 2.52. The topological polar surface area (TPSA) is 26.3 Å². The molecule has 2 aromatic rings. The summed E-state index contributed by atoms with van der Waals surface area (Å²) < 4.78 is 19.7. The molecule has 3 rings (SSSR count). The summed E-state index contributed by atoms with van der Waals surface area (Å²) >= 11 is 0. The Morgan fingerprint density at radius 3 is 2.60 bits per heavy atom. The lowest BCUT2D eigenvalue weighted by atomic mass is 9.94. The first-order valence-electron chi connectivity index (χ1n) is 6.61. The van der Waals surface area contributed by atoms with Gasteiger partial charge in [0.25, 0.3) is 0 Å². The summed E-state index contributed by atoms with van der Waals surface area (Å²) in [7, 11) is 0. The zero-order chi connectivity index (χ0) is 14.3. The van der Waals surface area contributed by atoms with Crippen molar-refractivity contribution in [2.75, 3.05) is 0 Å². The van der Waals surface area contributed by atoms with E-state index in [0.717, 1.165) is 11.1 Å². The number of benzene rings is 2. The van der Waals surface area contributed by atoms with E-state index in [0.29, 0.717) is 16.9 Å². The van der Waals surface area contributed by atoms with Crippen molar-refractivity contribution in [3.8, 4) is 5.75 Å². The molecule has 0 spiro atoms. The number of ether oxygens (including phenoxy) is 1. The number of rotatable bonds is 1. The summed E-state index contributed by atoms with van der Waals surface area (Å²) in [5.41, 5.74) is 3.01. The third kappa shape index (κ3) is 2.20. The molecule has 1 aliphatic rings. The normalized spacial score (nSPS) is 17.6. The molecule has 0 amide bonds. The van der Waals surface area contributed by atoms with E-state index in [1.165, 1.54) is 6.07 Å². The van der Waals surface area contributed by atoms with E-state index in [2.05, 4.69) is 0 Å². The first kappa shape index (κ1) is 12.9. The van der Waals surface area contributed by atoms with Crippen LogP contribution in [0.3, 0.4) is 0 Å². The number of Topliss-reactive ketones (excluding diaryl/α,β-unsaturated/α-hetero) is 1. The first-order chi connectivity index (χ1) is 9.54. The number of hydrogen-bond acceptors (Lipinski definition) is 2. The molecule has 0 bridgehead atoms. The third-order valence-corrected chi connectivity index (χ3v) is 3.57. The highest BCUT2D eigenvalue weighted by Crippen LogP contribution is 2.36. The van der Waals surface area contributed by atoms with Crippen LogP contribution in [-0.2, 0) is 0 Å². The average molecular weight is 270 g/mol. The molecule has 0 aromatic heterocycles. The Balaban J connectivity index is 2.01. The maximum atomic E-state index is 13.9. The molecule has 0 N–H and O–H groups in total. The summed E-state index contributed by atoms with van der Waals surface area (Å²) in [5, 5.41) is 0. The number of aryl methyl sites for hydroxylation is 2. The van der Waals surface area contributed by atoms with Gasteiger partial charge in [0.15, 0.2) is 5.78 Å². The van der Waals surface area contributed by atoms with Crippen molar-refractivity contribution in [2.45, 2.75) is 26.4 Å². The molecule has 0 fully saturated rings. The van der Waals surface area contributed by atoms with Gasteiger partial charge >= 0.3 is 0 Å². The van der Waals surface area contributed by atoms with E-state index in [9.17, 15) is 9.18 Å². The van der Waals surface area contributed by atoms with Crippen LogP contribution < -0.4 is 4.74 Å². The summed E-state index contributed by atoms with van der Waals surface area (Å²) in [5.74, 6) is 0.211. The fraction of sp³-hybridized carbons (Fsp3) is 0.235. The molecule has 2 aromatic carbocycles. The second kappa shape index (κ2) is 4.75. The van der Waals surface area contributed by atoms with Crippen molar-refractivity contribution >= 4 is 5.78 Å². The Morgan fingerprint density at radius 1 is 1.10 bits per heavy atom. The van der Waals surface area contributed by atoms with E-state index in [1.54, 1.807) is 18.2 Å². The first-order valence-corrected chi connectivity index (χ1v) is 6.61. The number of carbonyl (C=O) groups is 1. The van der Waals surface area contributed by atoms with Gasteiger partial charge in [0.2, 0.25) is 0 Å². The molecule has 20 heavy (non-hydrogen) atoms. The van der Waals surface area contributed by atoms with Crippen LogP contribution in [0.2, 0.25) is 0 Å². The Bertz CT molecular complexity index is 691. The number of hydrogen-bond donors (Lipinski definition) is 0. The predicted molar refractivity (Wildman–Crippen MR) is 74.6 cm³/mol. The van der Waals surface area contributed by atoms with E-state index in [-0.39, 0.29) is 18.0 Å². The van der Waals surface area contributed by atoms with Crippen molar-refractivity contribution in [3.05, 3.63) is 64.5 Å². The quantitative estimate of drug-likeness (QED) is 0.778. The predicted octanol–water partition coefficient (Wildman–Crippen LogP) is 4.15. The largest absolute Gasteiger partial charge is 0.484 e. The van der Waals surface area contributed by atoms with Gasteiger partial charge in [0.05, 0.1) is 12.0 Å². The molecular formula is C17H15FO2. The van der Waals surface area contributed by atoms with Crippen LogP contribution in [0.25, 0.3) is 0 Å². The molecule has 0 saturated heterocycles. The van der Waals surface area contributed by atoms with E-state index < -0.39 is 6.10 Å². The Kier molecular flexibility index (Phi) is 3.05. The van der Waals surface area contributed by atoms with Gasteiger partial charge in [-0.1, -0.05) is 23.3 Å². The number of carbonyl (C=O) groups excluding carboxylic acids is 1. The summed E-state index contributed by atoms with van der Waals surface area (Å²) in [6.45, 7) is 3.82. The zero-order valence-corrected chi connectivity index (χ0v) is 11.4. The Morgan fingerprint density at radius 2 is 1.80 bits per heavy atom. The van der Waals surface area contributed by atoms with Crippen LogP contribution in [0.5, 0.6) is 5.75 Å². The minimum Gasteiger partial charge on any atom is -0.484 e.